The van der Waals surface area contributed by atoms with Gasteiger partial charge < -0.3 is 0 Å². The lowest BCUT2D eigenvalue weighted by Gasteiger charge is -1.99. The van der Waals surface area contributed by atoms with Gasteiger partial charge in [0, 0.05) is 11.9 Å². The Hall–Kier alpha value is -0.370. The molecule has 1 aromatic heterocycles. The lowest BCUT2D eigenvalue weighted by atomic mass is 10.3. The van der Waals surface area contributed by atoms with Crippen LogP contribution in [0.4, 0.5) is 0 Å². The van der Waals surface area contributed by atoms with E-state index < -0.39 is 0 Å². The molecule has 0 saturated heterocycles. The third-order valence-corrected chi connectivity index (χ3v) is 2.47. The standard InChI is InChI=1S/C9H14NS/c1-2-3-6-9-11-10-7-4-5-8-10/h4-5,7H,2-3,6,9H2,1H3. The van der Waals surface area contributed by atoms with Crippen molar-refractivity contribution >= 4 is 11.9 Å². The highest BCUT2D eigenvalue weighted by atomic mass is 32.2. The van der Waals surface area contributed by atoms with Gasteiger partial charge in [-0.15, -0.1) is 0 Å². The minimum absolute atomic E-state index is 1.21. The molecule has 1 radical (unpaired) electrons. The first-order valence-corrected chi connectivity index (χ1v) is 5.06. The van der Waals surface area contributed by atoms with Gasteiger partial charge >= 0.3 is 0 Å². The van der Waals surface area contributed by atoms with E-state index in [1.807, 2.05) is 34.2 Å². The molecule has 1 rings (SSSR count). The zero-order valence-corrected chi connectivity index (χ0v) is 7.73. The quantitative estimate of drug-likeness (QED) is 0.612. The van der Waals surface area contributed by atoms with Crippen molar-refractivity contribution in [2.45, 2.75) is 26.2 Å². The smallest absolute Gasteiger partial charge is 0.0764 e. The Bertz CT molecular complexity index is 170. The zero-order valence-electron chi connectivity index (χ0n) is 6.92. The summed E-state index contributed by atoms with van der Waals surface area (Å²) in [6, 6.07) is 3.94. The average Bonchev–Trinajstić information content (AvgIpc) is 2.50. The molecule has 0 bridgehead atoms. The van der Waals surface area contributed by atoms with Crippen LogP contribution in [0.15, 0.2) is 18.3 Å². The molecule has 0 atom stereocenters. The molecule has 0 unspecified atom stereocenters. The number of rotatable bonds is 5. The summed E-state index contributed by atoms with van der Waals surface area (Å²) in [5, 5.41) is 0. The number of aromatic nitrogens is 1. The molecule has 2 heteroatoms. The van der Waals surface area contributed by atoms with E-state index in [-0.39, 0.29) is 0 Å². The predicted octanol–water partition coefficient (Wildman–Crippen LogP) is 2.97. The summed E-state index contributed by atoms with van der Waals surface area (Å²) in [6.45, 7) is 2.23. The van der Waals surface area contributed by atoms with Gasteiger partial charge in [0.1, 0.15) is 0 Å². The van der Waals surface area contributed by atoms with Crippen LogP contribution >= 0.6 is 11.9 Å². The minimum Gasteiger partial charge on any atom is -0.290 e. The number of hydrogen-bond acceptors (Lipinski definition) is 1. The fourth-order valence-corrected chi connectivity index (χ4v) is 1.70. The van der Waals surface area contributed by atoms with Gasteiger partial charge in [0.25, 0.3) is 0 Å². The van der Waals surface area contributed by atoms with E-state index in [1.165, 1.54) is 25.0 Å². The van der Waals surface area contributed by atoms with Gasteiger partial charge in [-0.25, -0.2) is 0 Å². The van der Waals surface area contributed by atoms with E-state index in [9.17, 15) is 0 Å². The van der Waals surface area contributed by atoms with Gasteiger partial charge in [-0.3, -0.25) is 3.97 Å². The SMILES string of the molecule is CCCCCSn1[c]ccc1. The maximum Gasteiger partial charge on any atom is 0.0764 e. The van der Waals surface area contributed by atoms with Crippen LogP contribution in [0.1, 0.15) is 26.2 Å². The van der Waals surface area contributed by atoms with E-state index in [0.29, 0.717) is 0 Å². The summed E-state index contributed by atoms with van der Waals surface area (Å²) in [6.07, 6.45) is 9.09. The molecular formula is C9H14NS. The van der Waals surface area contributed by atoms with Gasteiger partial charge in [0.05, 0.1) is 6.20 Å². The third-order valence-electron chi connectivity index (χ3n) is 1.50. The number of hydrogen-bond donors (Lipinski definition) is 0. The Labute approximate surface area is 72.9 Å². The van der Waals surface area contributed by atoms with E-state index in [1.54, 1.807) is 0 Å². The molecule has 0 aliphatic rings. The van der Waals surface area contributed by atoms with Gasteiger partial charge in [-0.05, 0) is 30.5 Å². The Morgan fingerprint density at radius 1 is 1.45 bits per heavy atom. The number of unbranched alkanes of at least 4 members (excludes halogenated alkanes) is 2. The van der Waals surface area contributed by atoms with Crippen molar-refractivity contribution < 1.29 is 0 Å². The van der Waals surface area contributed by atoms with Crippen molar-refractivity contribution in [3.63, 3.8) is 0 Å². The van der Waals surface area contributed by atoms with Crippen molar-refractivity contribution in [3.8, 4) is 0 Å². The van der Waals surface area contributed by atoms with Crippen molar-refractivity contribution in [1.82, 2.24) is 3.97 Å². The van der Waals surface area contributed by atoms with E-state index >= 15 is 0 Å². The molecular weight excluding hydrogens is 154 g/mol. The molecule has 11 heavy (non-hydrogen) atoms. The molecule has 1 heterocycles. The lowest BCUT2D eigenvalue weighted by Crippen LogP contribution is -1.85. The molecule has 0 aliphatic carbocycles. The second-order valence-corrected chi connectivity index (χ2v) is 3.56. The lowest BCUT2D eigenvalue weighted by molar-refractivity contribution is 0.778. The van der Waals surface area contributed by atoms with Gasteiger partial charge in [-0.1, -0.05) is 19.8 Å². The average molecular weight is 168 g/mol. The summed E-state index contributed by atoms with van der Waals surface area (Å²) < 4.78 is 2.04. The maximum absolute atomic E-state index is 3.09. The van der Waals surface area contributed by atoms with Crippen molar-refractivity contribution in [2.75, 3.05) is 5.75 Å². The molecule has 0 aromatic carbocycles. The molecule has 0 fully saturated rings. The molecule has 61 valence electrons. The van der Waals surface area contributed by atoms with Crippen LogP contribution in [0.3, 0.4) is 0 Å². The van der Waals surface area contributed by atoms with Crippen LogP contribution < -0.4 is 0 Å². The van der Waals surface area contributed by atoms with Crippen LogP contribution in [0.2, 0.25) is 0 Å². The summed E-state index contributed by atoms with van der Waals surface area (Å²) in [5.74, 6) is 1.21. The van der Waals surface area contributed by atoms with Crippen molar-refractivity contribution in [1.29, 1.82) is 0 Å². The highest BCUT2D eigenvalue weighted by Crippen LogP contribution is 2.08. The van der Waals surface area contributed by atoms with Crippen LogP contribution in [-0.4, -0.2) is 9.73 Å². The topological polar surface area (TPSA) is 4.93 Å². The highest BCUT2D eigenvalue weighted by molar-refractivity contribution is 7.97. The molecule has 0 N–H and O–H groups in total. The van der Waals surface area contributed by atoms with Gasteiger partial charge in [0.15, 0.2) is 0 Å². The van der Waals surface area contributed by atoms with Crippen LogP contribution in [0, 0.1) is 6.20 Å². The second kappa shape index (κ2) is 5.30. The fraction of sp³-hybridized carbons (Fsp3) is 0.556. The van der Waals surface area contributed by atoms with E-state index in [2.05, 4.69) is 13.1 Å². The first-order chi connectivity index (χ1) is 5.43. The zero-order chi connectivity index (χ0) is 7.94. The molecule has 1 nitrogen and oxygen atoms in total. The largest absolute Gasteiger partial charge is 0.290 e. The van der Waals surface area contributed by atoms with Crippen LogP contribution in [0.5, 0.6) is 0 Å². The Kier molecular flexibility index (Phi) is 4.21. The van der Waals surface area contributed by atoms with Crippen molar-refractivity contribution in [3.05, 3.63) is 24.5 Å². The third kappa shape index (κ3) is 3.51. The summed E-state index contributed by atoms with van der Waals surface area (Å²) in [7, 11) is 0. The maximum atomic E-state index is 3.09. The monoisotopic (exact) mass is 168 g/mol. The van der Waals surface area contributed by atoms with Crippen LogP contribution in [-0.2, 0) is 0 Å². The summed E-state index contributed by atoms with van der Waals surface area (Å²) in [5.41, 5.74) is 0. The van der Waals surface area contributed by atoms with Gasteiger partial charge in [0.2, 0.25) is 0 Å². The second-order valence-electron chi connectivity index (χ2n) is 2.50. The van der Waals surface area contributed by atoms with E-state index in [4.69, 9.17) is 0 Å². The molecule has 0 saturated carbocycles. The summed E-state index contributed by atoms with van der Waals surface area (Å²) in [4.78, 5) is 0. The minimum atomic E-state index is 1.21. The first-order valence-electron chi connectivity index (χ1n) is 4.12. The van der Waals surface area contributed by atoms with Gasteiger partial charge in [-0.2, -0.15) is 0 Å². The molecule has 0 amide bonds. The number of nitrogens with zero attached hydrogens (tertiary/aromatic N) is 1. The summed E-state index contributed by atoms with van der Waals surface area (Å²) >= 11 is 1.83. The first kappa shape index (κ1) is 8.72. The fourth-order valence-electron chi connectivity index (χ4n) is 0.876. The van der Waals surface area contributed by atoms with Crippen LogP contribution in [0.25, 0.3) is 0 Å². The molecule has 0 aliphatic heterocycles. The van der Waals surface area contributed by atoms with Crippen molar-refractivity contribution in [2.24, 2.45) is 0 Å². The normalized spacial score (nSPS) is 10.3. The Balaban J connectivity index is 2.04. The Morgan fingerprint density at radius 3 is 3.00 bits per heavy atom. The molecule has 0 spiro atoms. The Morgan fingerprint density at radius 2 is 2.36 bits per heavy atom. The highest BCUT2D eigenvalue weighted by Gasteiger charge is 1.89. The van der Waals surface area contributed by atoms with E-state index in [0.717, 1.165) is 0 Å². The molecule has 1 aromatic rings. The predicted molar refractivity (Wildman–Crippen MR) is 50.6 cm³/mol.